The predicted octanol–water partition coefficient (Wildman–Crippen LogP) is 3.59. The van der Waals surface area contributed by atoms with E-state index in [0.717, 1.165) is 18.5 Å². The molecule has 1 saturated heterocycles. The Morgan fingerprint density at radius 3 is 2.53 bits per heavy atom. The summed E-state index contributed by atoms with van der Waals surface area (Å²) < 4.78 is 18.2. The van der Waals surface area contributed by atoms with E-state index in [2.05, 4.69) is 15.2 Å². The number of carbonyl (C=O) groups excluding carboxylic acids is 1. The maximum atomic E-state index is 12.4. The van der Waals surface area contributed by atoms with Crippen LogP contribution in [0.3, 0.4) is 0 Å². The summed E-state index contributed by atoms with van der Waals surface area (Å²) in [5, 5.41) is 2.90. The highest BCUT2D eigenvalue weighted by atomic mass is 32.2. The molecule has 1 fully saturated rings. The fourth-order valence-electron chi connectivity index (χ4n) is 3.67. The zero-order valence-corrected chi connectivity index (χ0v) is 18.9. The topological polar surface area (TPSA) is 75.4 Å². The number of nitrogens with zero attached hydrogens (tertiary/aromatic N) is 2. The minimum absolute atomic E-state index is 0.00409. The van der Waals surface area contributed by atoms with Gasteiger partial charge < -0.3 is 14.6 Å². The van der Waals surface area contributed by atoms with Crippen molar-refractivity contribution >= 4 is 16.7 Å². The Bertz CT molecular complexity index is 840. The number of hydrogen-bond donors (Lipinski definition) is 1. The lowest BCUT2D eigenvalue weighted by molar-refractivity contribution is -0.118. The van der Waals surface area contributed by atoms with Crippen LogP contribution in [-0.4, -0.2) is 51.9 Å². The van der Waals surface area contributed by atoms with Gasteiger partial charge in [-0.05, 0) is 64.9 Å². The van der Waals surface area contributed by atoms with Crippen molar-refractivity contribution in [2.45, 2.75) is 51.7 Å². The van der Waals surface area contributed by atoms with Crippen LogP contribution in [0.2, 0.25) is 0 Å². The van der Waals surface area contributed by atoms with Crippen molar-refractivity contribution < 1.29 is 13.4 Å². The molecule has 30 heavy (non-hydrogen) atoms. The molecule has 7 heteroatoms. The average Bonchev–Trinajstić information content (AvgIpc) is 2.91. The zero-order valence-electron chi connectivity index (χ0n) is 18.1. The normalized spacial score (nSPS) is 16.2. The molecule has 1 N–H and O–H groups in total. The van der Waals surface area contributed by atoms with Crippen LogP contribution in [0.1, 0.15) is 49.1 Å². The standard InChI is InChI=1S/C23H33N3O3S/c1-18-8-10-20(11-9-18)23-25-21(19(2)29-23)16-30(28)17-22(27)24-12-7-15-26-13-5-3-4-6-14-26/h8-11H,3-7,12-17H2,1-2H3,(H,24,27)/t30-/m1/s1. The third kappa shape index (κ3) is 7.06. The highest BCUT2D eigenvalue weighted by Gasteiger charge is 2.16. The first kappa shape index (κ1) is 22.7. The second-order valence-electron chi connectivity index (χ2n) is 8.08. The first-order chi connectivity index (χ1) is 14.5. The van der Waals surface area contributed by atoms with Gasteiger partial charge in [0.05, 0.1) is 11.4 Å². The molecular weight excluding hydrogens is 398 g/mol. The Kier molecular flexibility index (Phi) is 8.63. The summed E-state index contributed by atoms with van der Waals surface area (Å²) in [5.41, 5.74) is 2.71. The van der Waals surface area contributed by atoms with Gasteiger partial charge >= 0.3 is 0 Å². The van der Waals surface area contributed by atoms with E-state index in [1.54, 1.807) is 0 Å². The van der Waals surface area contributed by atoms with Gasteiger partial charge in [-0.25, -0.2) is 4.98 Å². The van der Waals surface area contributed by atoms with E-state index in [9.17, 15) is 9.00 Å². The fourth-order valence-corrected chi connectivity index (χ4v) is 4.74. The van der Waals surface area contributed by atoms with Crippen LogP contribution < -0.4 is 5.32 Å². The summed E-state index contributed by atoms with van der Waals surface area (Å²) in [5.74, 6) is 1.23. The van der Waals surface area contributed by atoms with Gasteiger partial charge in [0.15, 0.2) is 0 Å². The summed E-state index contributed by atoms with van der Waals surface area (Å²) in [6.45, 7) is 7.83. The molecule has 1 aliphatic rings. The highest BCUT2D eigenvalue weighted by Crippen LogP contribution is 2.22. The Balaban J connectivity index is 1.40. The fraction of sp³-hybridized carbons (Fsp3) is 0.565. The first-order valence-electron chi connectivity index (χ1n) is 10.9. The van der Waals surface area contributed by atoms with Gasteiger partial charge in [0.2, 0.25) is 11.8 Å². The van der Waals surface area contributed by atoms with Gasteiger partial charge in [-0.15, -0.1) is 0 Å². The highest BCUT2D eigenvalue weighted by molar-refractivity contribution is 7.84. The Morgan fingerprint density at radius 2 is 1.83 bits per heavy atom. The third-order valence-corrected chi connectivity index (χ3v) is 6.63. The van der Waals surface area contributed by atoms with Crippen LogP contribution in [0.5, 0.6) is 0 Å². The number of nitrogens with one attached hydrogen (secondary N) is 1. The van der Waals surface area contributed by atoms with Crippen LogP contribution in [0.15, 0.2) is 28.7 Å². The van der Waals surface area contributed by atoms with Crippen molar-refractivity contribution in [1.29, 1.82) is 0 Å². The van der Waals surface area contributed by atoms with Crippen molar-refractivity contribution in [3.8, 4) is 11.5 Å². The smallest absolute Gasteiger partial charge is 0.232 e. The molecule has 1 amide bonds. The SMILES string of the molecule is Cc1ccc(-c2nc(C[S@@](=O)CC(=O)NCCCN3CCCCCC3)c(C)o2)cc1. The summed E-state index contributed by atoms with van der Waals surface area (Å²) >= 11 is 0. The Hall–Kier alpha value is -1.99. The molecule has 1 aliphatic heterocycles. The number of carbonyl (C=O) groups is 1. The second kappa shape index (κ2) is 11.4. The predicted molar refractivity (Wildman–Crippen MR) is 121 cm³/mol. The van der Waals surface area contributed by atoms with Crippen LogP contribution >= 0.6 is 0 Å². The molecule has 0 saturated carbocycles. The van der Waals surface area contributed by atoms with E-state index in [0.29, 0.717) is 23.9 Å². The van der Waals surface area contributed by atoms with Crippen LogP contribution in [-0.2, 0) is 21.3 Å². The molecule has 0 spiro atoms. The van der Waals surface area contributed by atoms with Gasteiger partial charge in [-0.3, -0.25) is 9.00 Å². The molecule has 0 bridgehead atoms. The molecule has 0 radical (unpaired) electrons. The van der Waals surface area contributed by atoms with Crippen LogP contribution in [0.4, 0.5) is 0 Å². The number of aryl methyl sites for hydroxylation is 2. The van der Waals surface area contributed by atoms with Crippen molar-refractivity contribution in [1.82, 2.24) is 15.2 Å². The molecule has 0 unspecified atom stereocenters. The maximum absolute atomic E-state index is 12.4. The number of rotatable bonds is 9. The molecule has 0 aliphatic carbocycles. The number of amides is 1. The largest absolute Gasteiger partial charge is 0.441 e. The molecule has 164 valence electrons. The van der Waals surface area contributed by atoms with Crippen molar-refractivity contribution in [2.24, 2.45) is 0 Å². The number of benzene rings is 1. The molecular formula is C23H33N3O3S. The summed E-state index contributed by atoms with van der Waals surface area (Å²) in [4.78, 5) is 19.1. The van der Waals surface area contributed by atoms with Gasteiger partial charge in [-0.2, -0.15) is 0 Å². The molecule has 1 aromatic heterocycles. The third-order valence-electron chi connectivity index (χ3n) is 5.45. The van der Waals surface area contributed by atoms with Crippen molar-refractivity contribution in [3.63, 3.8) is 0 Å². The van der Waals surface area contributed by atoms with Crippen molar-refractivity contribution in [3.05, 3.63) is 41.3 Å². The number of likely N-dealkylation sites (tertiary alicyclic amines) is 1. The summed E-state index contributed by atoms with van der Waals surface area (Å²) in [7, 11) is -1.32. The van der Waals surface area contributed by atoms with Crippen LogP contribution in [0, 0.1) is 13.8 Å². The molecule has 1 aromatic carbocycles. The Labute approximate surface area is 181 Å². The summed E-state index contributed by atoms with van der Waals surface area (Å²) in [6.07, 6.45) is 6.14. The molecule has 6 nitrogen and oxygen atoms in total. The lowest BCUT2D eigenvalue weighted by Gasteiger charge is -2.19. The monoisotopic (exact) mass is 431 g/mol. The number of oxazole rings is 1. The quantitative estimate of drug-likeness (QED) is 0.614. The molecule has 1 atom stereocenters. The first-order valence-corrected chi connectivity index (χ1v) is 12.4. The molecule has 3 rings (SSSR count). The van der Waals surface area contributed by atoms with E-state index in [-0.39, 0.29) is 17.4 Å². The zero-order chi connectivity index (χ0) is 21.3. The van der Waals surface area contributed by atoms with Gasteiger partial charge in [0.1, 0.15) is 11.5 Å². The lowest BCUT2D eigenvalue weighted by Crippen LogP contribution is -2.32. The van der Waals surface area contributed by atoms with Crippen molar-refractivity contribution in [2.75, 3.05) is 31.9 Å². The van der Waals surface area contributed by atoms with Gasteiger partial charge in [-0.1, -0.05) is 30.5 Å². The van der Waals surface area contributed by atoms with Gasteiger partial charge in [0.25, 0.3) is 0 Å². The Morgan fingerprint density at radius 1 is 1.13 bits per heavy atom. The lowest BCUT2D eigenvalue weighted by atomic mass is 10.1. The minimum atomic E-state index is -1.32. The second-order valence-corrected chi connectivity index (χ2v) is 9.53. The molecule has 2 heterocycles. The number of aromatic nitrogens is 1. The van der Waals surface area contributed by atoms with Gasteiger partial charge in [0, 0.05) is 22.9 Å². The van der Waals surface area contributed by atoms with E-state index in [4.69, 9.17) is 4.42 Å². The minimum Gasteiger partial charge on any atom is -0.441 e. The number of hydrogen-bond acceptors (Lipinski definition) is 5. The maximum Gasteiger partial charge on any atom is 0.232 e. The van der Waals surface area contributed by atoms with E-state index in [1.165, 1.54) is 44.3 Å². The van der Waals surface area contributed by atoms with E-state index < -0.39 is 10.8 Å². The summed E-state index contributed by atoms with van der Waals surface area (Å²) in [6, 6.07) is 7.93. The average molecular weight is 432 g/mol. The molecule has 2 aromatic rings. The van der Waals surface area contributed by atoms with E-state index >= 15 is 0 Å². The van der Waals surface area contributed by atoms with Crippen LogP contribution in [0.25, 0.3) is 11.5 Å². The van der Waals surface area contributed by atoms with E-state index in [1.807, 2.05) is 38.1 Å².